The third kappa shape index (κ3) is 4.57. The number of ether oxygens (including phenoxy) is 1. The molecule has 3 heteroatoms. The van der Waals surface area contributed by atoms with Gasteiger partial charge in [-0.25, -0.2) is 0 Å². The fraction of sp³-hybridized carbons (Fsp3) is 1.00. The largest absolute Gasteiger partial charge is 0.378 e. The summed E-state index contributed by atoms with van der Waals surface area (Å²) in [6, 6.07) is 0. The number of nitrogens with one attached hydrogen (secondary N) is 1. The van der Waals surface area contributed by atoms with Gasteiger partial charge in [-0.05, 0) is 57.7 Å². The van der Waals surface area contributed by atoms with Crippen LogP contribution in [0.25, 0.3) is 0 Å². The lowest BCUT2D eigenvalue weighted by Crippen LogP contribution is -2.37. The Bertz CT molecular complexity index is 198. The summed E-state index contributed by atoms with van der Waals surface area (Å²) < 4.78 is 5.70. The number of hydrogen-bond donors (Lipinski definition) is 1. The summed E-state index contributed by atoms with van der Waals surface area (Å²) in [4.78, 5) is 2.62. The zero-order valence-corrected chi connectivity index (χ0v) is 11.3. The Hall–Kier alpha value is -0.120. The Morgan fingerprint density at radius 1 is 1.24 bits per heavy atom. The van der Waals surface area contributed by atoms with E-state index < -0.39 is 0 Å². The summed E-state index contributed by atoms with van der Waals surface area (Å²) in [5, 5.41) is 3.44. The molecule has 100 valence electrons. The molecule has 0 aromatic rings. The summed E-state index contributed by atoms with van der Waals surface area (Å²) in [5.41, 5.74) is 0. The van der Waals surface area contributed by atoms with Gasteiger partial charge in [-0.3, -0.25) is 0 Å². The third-order valence-electron chi connectivity index (χ3n) is 4.21. The third-order valence-corrected chi connectivity index (χ3v) is 4.21. The molecule has 0 aromatic heterocycles. The van der Waals surface area contributed by atoms with Crippen molar-refractivity contribution in [1.82, 2.24) is 10.2 Å². The number of nitrogens with zero attached hydrogens (tertiary/aromatic N) is 1. The standard InChI is InChI=1S/C14H28N2O/c1-2-16(10-7-14-4-3-11-17-14)12-13-5-8-15-9-6-13/h13-15H,2-12H2,1H3. The molecule has 0 spiro atoms. The van der Waals surface area contributed by atoms with Crippen LogP contribution in [0.1, 0.15) is 39.0 Å². The average molecular weight is 240 g/mol. The molecular weight excluding hydrogens is 212 g/mol. The maximum atomic E-state index is 5.70. The summed E-state index contributed by atoms with van der Waals surface area (Å²) in [6.45, 7) is 9.43. The van der Waals surface area contributed by atoms with Crippen molar-refractivity contribution in [3.05, 3.63) is 0 Å². The van der Waals surface area contributed by atoms with Gasteiger partial charge in [0, 0.05) is 19.7 Å². The summed E-state index contributed by atoms with van der Waals surface area (Å²) in [5.74, 6) is 0.917. The first-order valence-corrected chi connectivity index (χ1v) is 7.43. The molecule has 0 aromatic carbocycles. The Kier molecular flexibility index (Phi) is 5.75. The molecule has 1 unspecified atom stereocenters. The molecule has 0 aliphatic carbocycles. The fourth-order valence-electron chi connectivity index (χ4n) is 3.01. The van der Waals surface area contributed by atoms with Gasteiger partial charge < -0.3 is 15.0 Å². The molecule has 2 aliphatic rings. The van der Waals surface area contributed by atoms with Crippen molar-refractivity contribution in [2.75, 3.05) is 39.3 Å². The number of piperidine rings is 1. The van der Waals surface area contributed by atoms with Crippen molar-refractivity contribution in [1.29, 1.82) is 0 Å². The molecule has 1 N–H and O–H groups in total. The van der Waals surface area contributed by atoms with Crippen LogP contribution in [0.2, 0.25) is 0 Å². The SMILES string of the molecule is CCN(CCC1CCCO1)CC1CCNCC1. The Balaban J connectivity index is 1.64. The van der Waals surface area contributed by atoms with Crippen molar-refractivity contribution >= 4 is 0 Å². The zero-order chi connectivity index (χ0) is 11.9. The molecule has 0 radical (unpaired) electrons. The number of rotatable bonds is 6. The van der Waals surface area contributed by atoms with Crippen LogP contribution in [-0.4, -0.2) is 50.3 Å². The molecule has 2 heterocycles. The van der Waals surface area contributed by atoms with Gasteiger partial charge in [0.05, 0.1) is 6.10 Å². The summed E-state index contributed by atoms with van der Waals surface area (Å²) in [7, 11) is 0. The highest BCUT2D eigenvalue weighted by Gasteiger charge is 2.19. The van der Waals surface area contributed by atoms with Crippen LogP contribution in [0.4, 0.5) is 0 Å². The Morgan fingerprint density at radius 2 is 2.06 bits per heavy atom. The van der Waals surface area contributed by atoms with E-state index in [1.165, 1.54) is 64.8 Å². The Labute approximate surface area is 106 Å². The highest BCUT2D eigenvalue weighted by atomic mass is 16.5. The van der Waals surface area contributed by atoms with E-state index in [4.69, 9.17) is 4.74 Å². The lowest BCUT2D eigenvalue weighted by atomic mass is 9.97. The van der Waals surface area contributed by atoms with Gasteiger partial charge in [-0.1, -0.05) is 6.92 Å². The van der Waals surface area contributed by atoms with Crippen LogP contribution < -0.4 is 5.32 Å². The monoisotopic (exact) mass is 240 g/mol. The highest BCUT2D eigenvalue weighted by Crippen LogP contribution is 2.17. The van der Waals surface area contributed by atoms with Crippen LogP contribution in [0.5, 0.6) is 0 Å². The van der Waals surface area contributed by atoms with Crippen LogP contribution >= 0.6 is 0 Å². The van der Waals surface area contributed by atoms with Crippen molar-refractivity contribution < 1.29 is 4.74 Å². The molecule has 0 saturated carbocycles. The van der Waals surface area contributed by atoms with E-state index in [-0.39, 0.29) is 0 Å². The van der Waals surface area contributed by atoms with Crippen molar-refractivity contribution in [2.45, 2.75) is 45.1 Å². The van der Waals surface area contributed by atoms with E-state index in [0.717, 1.165) is 12.5 Å². The van der Waals surface area contributed by atoms with Crippen LogP contribution in [0, 0.1) is 5.92 Å². The van der Waals surface area contributed by atoms with Crippen LogP contribution in [0.3, 0.4) is 0 Å². The average Bonchev–Trinajstić information content (AvgIpc) is 2.89. The van der Waals surface area contributed by atoms with Gasteiger partial charge in [-0.2, -0.15) is 0 Å². The van der Waals surface area contributed by atoms with E-state index >= 15 is 0 Å². The highest BCUT2D eigenvalue weighted by molar-refractivity contribution is 4.73. The molecule has 0 bridgehead atoms. The first kappa shape index (κ1) is 13.3. The van der Waals surface area contributed by atoms with Crippen LogP contribution in [0.15, 0.2) is 0 Å². The maximum Gasteiger partial charge on any atom is 0.0588 e. The Morgan fingerprint density at radius 3 is 2.71 bits per heavy atom. The molecule has 2 aliphatic heterocycles. The predicted molar refractivity (Wildman–Crippen MR) is 71.3 cm³/mol. The first-order valence-electron chi connectivity index (χ1n) is 7.43. The van der Waals surface area contributed by atoms with Crippen molar-refractivity contribution in [3.8, 4) is 0 Å². The molecular formula is C14H28N2O. The first-order chi connectivity index (χ1) is 8.38. The quantitative estimate of drug-likeness (QED) is 0.767. The molecule has 17 heavy (non-hydrogen) atoms. The second-order valence-electron chi connectivity index (χ2n) is 5.51. The summed E-state index contributed by atoms with van der Waals surface area (Å²) in [6.07, 6.45) is 7.05. The van der Waals surface area contributed by atoms with E-state index in [1.54, 1.807) is 0 Å². The van der Waals surface area contributed by atoms with E-state index in [2.05, 4.69) is 17.1 Å². The van der Waals surface area contributed by atoms with Gasteiger partial charge >= 0.3 is 0 Å². The van der Waals surface area contributed by atoms with Gasteiger partial charge in [0.1, 0.15) is 0 Å². The maximum absolute atomic E-state index is 5.70. The molecule has 0 amide bonds. The van der Waals surface area contributed by atoms with Crippen molar-refractivity contribution in [2.24, 2.45) is 5.92 Å². The van der Waals surface area contributed by atoms with Gasteiger partial charge in [0.25, 0.3) is 0 Å². The van der Waals surface area contributed by atoms with Gasteiger partial charge in [0.15, 0.2) is 0 Å². The summed E-state index contributed by atoms with van der Waals surface area (Å²) >= 11 is 0. The molecule has 2 saturated heterocycles. The fourth-order valence-corrected chi connectivity index (χ4v) is 3.01. The van der Waals surface area contributed by atoms with Crippen molar-refractivity contribution in [3.63, 3.8) is 0 Å². The van der Waals surface area contributed by atoms with Gasteiger partial charge in [-0.15, -0.1) is 0 Å². The predicted octanol–water partition coefficient (Wildman–Crippen LogP) is 1.88. The second kappa shape index (κ2) is 7.34. The van der Waals surface area contributed by atoms with E-state index in [0.29, 0.717) is 6.10 Å². The molecule has 3 nitrogen and oxygen atoms in total. The van der Waals surface area contributed by atoms with E-state index in [1.807, 2.05) is 0 Å². The normalized spacial score (nSPS) is 26.8. The molecule has 1 atom stereocenters. The number of hydrogen-bond acceptors (Lipinski definition) is 3. The van der Waals surface area contributed by atoms with Crippen LogP contribution in [-0.2, 0) is 4.74 Å². The van der Waals surface area contributed by atoms with E-state index in [9.17, 15) is 0 Å². The molecule has 2 rings (SSSR count). The minimum absolute atomic E-state index is 0.553. The minimum Gasteiger partial charge on any atom is -0.378 e. The second-order valence-corrected chi connectivity index (χ2v) is 5.51. The minimum atomic E-state index is 0.553. The lowest BCUT2D eigenvalue weighted by Gasteiger charge is -2.29. The lowest BCUT2D eigenvalue weighted by molar-refractivity contribution is 0.0890. The zero-order valence-electron chi connectivity index (χ0n) is 11.3. The molecule has 2 fully saturated rings. The smallest absolute Gasteiger partial charge is 0.0588 e. The van der Waals surface area contributed by atoms with Gasteiger partial charge in [0.2, 0.25) is 0 Å². The topological polar surface area (TPSA) is 24.5 Å².